The van der Waals surface area contributed by atoms with Crippen LogP contribution in [0.5, 0.6) is 17.4 Å². The van der Waals surface area contributed by atoms with Crippen molar-refractivity contribution in [3.8, 4) is 23.1 Å². The first kappa shape index (κ1) is 25.9. The summed E-state index contributed by atoms with van der Waals surface area (Å²) in [6.07, 6.45) is 1.50. The summed E-state index contributed by atoms with van der Waals surface area (Å²) in [7, 11) is 0. The van der Waals surface area contributed by atoms with E-state index in [0.717, 1.165) is 16.7 Å². The lowest BCUT2D eigenvalue weighted by molar-refractivity contribution is 0.0951. The number of hydrogen-bond donors (Lipinski definition) is 2. The summed E-state index contributed by atoms with van der Waals surface area (Å²) in [6, 6.07) is 25.3. The van der Waals surface area contributed by atoms with Crippen molar-refractivity contribution in [3.05, 3.63) is 123 Å². The molecule has 4 aromatic carbocycles. The van der Waals surface area contributed by atoms with Crippen molar-refractivity contribution in [2.75, 3.05) is 6.79 Å². The molecule has 0 bridgehead atoms. The van der Waals surface area contributed by atoms with Gasteiger partial charge in [0.05, 0.1) is 22.5 Å². The molecule has 6 rings (SSSR count). The van der Waals surface area contributed by atoms with E-state index in [0.29, 0.717) is 51.3 Å². The number of carbonyl (C=O) groups is 1. The summed E-state index contributed by atoms with van der Waals surface area (Å²) in [5, 5.41) is 15.4. The van der Waals surface area contributed by atoms with Crippen molar-refractivity contribution in [3.63, 3.8) is 0 Å². The highest BCUT2D eigenvalue weighted by molar-refractivity contribution is 6.04. The number of fused-ring (bicyclic) bond motifs is 2. The Morgan fingerprint density at radius 1 is 0.951 bits per heavy atom. The summed E-state index contributed by atoms with van der Waals surface area (Å²) in [5.41, 5.74) is 4.19. The molecule has 0 spiro atoms. The molecular weight excluding hydrogens is 518 g/mol. The van der Waals surface area contributed by atoms with E-state index < -0.39 is 0 Å². The zero-order valence-corrected chi connectivity index (χ0v) is 22.5. The fourth-order valence-corrected chi connectivity index (χ4v) is 5.01. The van der Waals surface area contributed by atoms with E-state index in [-0.39, 0.29) is 24.1 Å². The van der Waals surface area contributed by atoms with E-state index in [2.05, 4.69) is 10.3 Å². The summed E-state index contributed by atoms with van der Waals surface area (Å²) < 4.78 is 12.1. The smallest absolute Gasteiger partial charge is 0.265 e. The average Bonchev–Trinajstić information content (AvgIpc) is 3.45. The van der Waals surface area contributed by atoms with Crippen LogP contribution in [-0.2, 0) is 6.54 Å². The average molecular weight is 546 g/mol. The van der Waals surface area contributed by atoms with Gasteiger partial charge in [-0.25, -0.2) is 4.57 Å². The fraction of sp³-hybridized carbons (Fsp3) is 0.121. The van der Waals surface area contributed by atoms with Crippen molar-refractivity contribution in [1.82, 2.24) is 9.88 Å². The predicted octanol–water partition coefficient (Wildman–Crippen LogP) is 5.72. The molecule has 0 atom stereocenters. The van der Waals surface area contributed by atoms with Gasteiger partial charge < -0.3 is 19.9 Å². The topological polar surface area (TPSA) is 102 Å². The Morgan fingerprint density at radius 2 is 1.71 bits per heavy atom. The monoisotopic (exact) mass is 545 g/mol. The first-order valence-corrected chi connectivity index (χ1v) is 13.1. The van der Waals surface area contributed by atoms with E-state index in [1.165, 1.54) is 10.8 Å². The van der Waals surface area contributed by atoms with Gasteiger partial charge in [-0.15, -0.1) is 0 Å². The van der Waals surface area contributed by atoms with Crippen LogP contribution < -0.4 is 20.3 Å². The molecule has 8 heteroatoms. The number of aromatic hydroxyl groups is 1. The Bertz CT molecular complexity index is 1910. The van der Waals surface area contributed by atoms with E-state index in [1.54, 1.807) is 48.5 Å². The molecule has 5 aromatic rings. The molecule has 2 heterocycles. The Kier molecular flexibility index (Phi) is 6.73. The third kappa shape index (κ3) is 4.91. The number of hydrogen-bond acceptors (Lipinski definition) is 6. The minimum absolute atomic E-state index is 0.184. The van der Waals surface area contributed by atoms with Gasteiger partial charge >= 0.3 is 0 Å². The zero-order valence-electron chi connectivity index (χ0n) is 22.5. The minimum atomic E-state index is -0.328. The highest BCUT2D eigenvalue weighted by atomic mass is 16.7. The highest BCUT2D eigenvalue weighted by Gasteiger charge is 2.18. The molecule has 1 aliphatic rings. The molecule has 1 aliphatic heterocycles. The normalized spacial score (nSPS) is 12.2. The fourth-order valence-electron chi connectivity index (χ4n) is 5.01. The van der Waals surface area contributed by atoms with E-state index in [1.807, 2.05) is 50.2 Å². The van der Waals surface area contributed by atoms with Gasteiger partial charge in [-0.3, -0.25) is 14.6 Å². The maximum atomic E-state index is 13.5. The lowest BCUT2D eigenvalue weighted by atomic mass is 10.1. The number of rotatable bonds is 6. The minimum Gasteiger partial charge on any atom is -0.494 e. The van der Waals surface area contributed by atoms with E-state index in [9.17, 15) is 14.7 Å². The van der Waals surface area contributed by atoms with Gasteiger partial charge in [-0.1, -0.05) is 54.1 Å². The van der Waals surface area contributed by atoms with Gasteiger partial charge in [-0.2, -0.15) is 0 Å². The number of pyridine rings is 1. The number of aryl methyl sites for hydroxylation is 2. The van der Waals surface area contributed by atoms with Gasteiger partial charge in [0.25, 0.3) is 11.5 Å². The number of amides is 1. The van der Waals surface area contributed by atoms with Crippen LogP contribution in [0.2, 0.25) is 0 Å². The second kappa shape index (κ2) is 10.7. The van der Waals surface area contributed by atoms with Gasteiger partial charge in [0.2, 0.25) is 12.7 Å². The van der Waals surface area contributed by atoms with E-state index >= 15 is 0 Å². The summed E-state index contributed by atoms with van der Waals surface area (Å²) in [6.45, 7) is 4.35. The second-order valence-corrected chi connectivity index (χ2v) is 9.86. The number of para-hydroxylation sites is 1. The molecule has 1 amide bonds. The Balaban J connectivity index is 1.35. The molecule has 2 N–H and O–H groups in total. The molecule has 1 aromatic heterocycles. The SMILES string of the molecule is Cc1ccc(-n2c(O)c(C=Nc3ccccc3C(=O)NCc3ccc4c(c3)OCO4)c3ccccc3c2=O)c(C)c1. The number of carbonyl (C=O) groups excluding carboxylic acids is 1. The molecule has 0 fully saturated rings. The van der Waals surface area contributed by atoms with Crippen LogP contribution in [0.3, 0.4) is 0 Å². The summed E-state index contributed by atoms with van der Waals surface area (Å²) in [4.78, 5) is 31.3. The van der Waals surface area contributed by atoms with Crippen molar-refractivity contribution in [2.24, 2.45) is 4.99 Å². The van der Waals surface area contributed by atoms with E-state index in [4.69, 9.17) is 9.47 Å². The molecule has 41 heavy (non-hydrogen) atoms. The lowest BCUT2D eigenvalue weighted by Gasteiger charge is -2.16. The Morgan fingerprint density at radius 3 is 2.54 bits per heavy atom. The van der Waals surface area contributed by atoms with Crippen LogP contribution in [0.25, 0.3) is 16.5 Å². The number of nitrogens with zero attached hydrogens (tertiary/aromatic N) is 2. The maximum Gasteiger partial charge on any atom is 0.265 e. The van der Waals surface area contributed by atoms with Crippen molar-refractivity contribution < 1.29 is 19.4 Å². The molecule has 0 radical (unpaired) electrons. The Labute approximate surface area is 236 Å². The number of ether oxygens (including phenoxy) is 2. The van der Waals surface area contributed by atoms with Crippen molar-refractivity contribution in [1.29, 1.82) is 0 Å². The zero-order chi connectivity index (χ0) is 28.5. The molecule has 0 aliphatic carbocycles. The third-order valence-electron chi connectivity index (χ3n) is 7.07. The number of benzene rings is 4. The molecular formula is C33H27N3O5. The second-order valence-electron chi connectivity index (χ2n) is 9.86. The summed E-state index contributed by atoms with van der Waals surface area (Å²) in [5.74, 6) is 0.800. The first-order chi connectivity index (χ1) is 19.9. The van der Waals surface area contributed by atoms with Crippen LogP contribution >= 0.6 is 0 Å². The van der Waals surface area contributed by atoms with Gasteiger partial charge in [-0.05, 0) is 61.4 Å². The molecule has 204 valence electrons. The van der Waals surface area contributed by atoms with Crippen LogP contribution in [0.1, 0.15) is 32.6 Å². The van der Waals surface area contributed by atoms with Gasteiger partial charge in [0.15, 0.2) is 11.5 Å². The number of nitrogens with one attached hydrogen (secondary N) is 1. The molecule has 0 saturated heterocycles. The molecule has 8 nitrogen and oxygen atoms in total. The quantitative estimate of drug-likeness (QED) is 0.266. The van der Waals surface area contributed by atoms with Crippen molar-refractivity contribution >= 4 is 28.6 Å². The van der Waals surface area contributed by atoms with Gasteiger partial charge in [0, 0.05) is 23.5 Å². The van der Waals surface area contributed by atoms with Crippen LogP contribution in [-0.4, -0.2) is 28.6 Å². The first-order valence-electron chi connectivity index (χ1n) is 13.1. The highest BCUT2D eigenvalue weighted by Crippen LogP contribution is 2.33. The standard InChI is InChI=1S/C33H27N3O5/c1-20-11-13-28(21(2)15-20)36-32(38)24-8-4-3-7-23(24)26(33(36)39)18-34-27-10-6-5-9-25(27)31(37)35-17-22-12-14-29-30(16-22)41-19-40-29/h3-16,18,39H,17,19H2,1-2H3,(H,35,37). The Hall–Kier alpha value is -5.37. The predicted molar refractivity (Wildman–Crippen MR) is 158 cm³/mol. The number of aliphatic imine (C=N–C) groups is 1. The molecule has 0 saturated carbocycles. The van der Waals surface area contributed by atoms with Crippen LogP contribution in [0.15, 0.2) is 94.7 Å². The largest absolute Gasteiger partial charge is 0.494 e. The van der Waals surface area contributed by atoms with Crippen LogP contribution in [0, 0.1) is 13.8 Å². The van der Waals surface area contributed by atoms with Crippen molar-refractivity contribution in [2.45, 2.75) is 20.4 Å². The maximum absolute atomic E-state index is 13.5. The molecule has 0 unspecified atom stereocenters. The summed E-state index contributed by atoms with van der Waals surface area (Å²) >= 11 is 0. The third-order valence-corrected chi connectivity index (χ3v) is 7.07. The number of aromatic nitrogens is 1. The lowest BCUT2D eigenvalue weighted by Crippen LogP contribution is -2.22. The van der Waals surface area contributed by atoms with Gasteiger partial charge in [0.1, 0.15) is 0 Å². The van der Waals surface area contributed by atoms with Crippen LogP contribution in [0.4, 0.5) is 5.69 Å².